The summed E-state index contributed by atoms with van der Waals surface area (Å²) in [7, 11) is 1.57. The number of amides is 2. The van der Waals surface area contributed by atoms with Crippen LogP contribution in [-0.2, 0) is 16.9 Å². The highest BCUT2D eigenvalue weighted by atomic mass is 35.5. The second-order valence-electron chi connectivity index (χ2n) is 8.20. The molecule has 2 aromatic heterocycles. The number of hydrogen-bond donors (Lipinski definition) is 2. The summed E-state index contributed by atoms with van der Waals surface area (Å²) in [5.74, 6) is 1.86. The molecule has 1 aliphatic carbocycles. The number of ether oxygens (including phenoxy) is 1. The maximum Gasteiger partial charge on any atom is 0.323 e. The van der Waals surface area contributed by atoms with Crippen LogP contribution in [0.15, 0.2) is 28.9 Å². The minimum Gasteiger partial charge on any atom is -0.420 e. The van der Waals surface area contributed by atoms with Crippen molar-refractivity contribution in [1.29, 1.82) is 0 Å². The molecule has 3 atom stereocenters. The molecule has 11 heteroatoms. The molecule has 5 rings (SSSR count). The fraction of sp³-hybridized carbons (Fsp3) is 0.450. The molecule has 0 radical (unpaired) electrons. The number of aromatic nitrogens is 5. The first-order valence-electron chi connectivity index (χ1n) is 10.1. The number of H-pyrrole nitrogens is 1. The Labute approximate surface area is 183 Å². The van der Waals surface area contributed by atoms with Crippen LogP contribution >= 0.6 is 11.6 Å². The standard InChI is InChI=1S/C20H22ClN7O3/c1-11-5-13-8-20(7-11,18-27-25-16(31-18)9-30-2)28(13)19(29)24-12-3-4-15(21)14(6-12)17-22-10-23-26-17/h3-4,6,10-11,13H,5,7-9H2,1-2H3,(H,24,29)(H,22,23,26)/t11-,13-,20?/m1/s1. The van der Waals surface area contributed by atoms with Gasteiger partial charge in [-0.2, -0.15) is 5.10 Å². The van der Waals surface area contributed by atoms with Crippen LogP contribution in [-0.4, -0.2) is 49.5 Å². The fourth-order valence-electron chi connectivity index (χ4n) is 4.88. The molecule has 1 saturated carbocycles. The third-order valence-corrected chi connectivity index (χ3v) is 6.33. The van der Waals surface area contributed by atoms with Crippen molar-refractivity contribution in [2.75, 3.05) is 12.4 Å². The summed E-state index contributed by atoms with van der Waals surface area (Å²) in [6.07, 6.45) is 3.93. The zero-order chi connectivity index (χ0) is 21.6. The van der Waals surface area contributed by atoms with E-state index in [1.807, 2.05) is 4.90 Å². The normalized spacial score (nSPS) is 24.7. The van der Waals surface area contributed by atoms with Crippen molar-refractivity contribution in [1.82, 2.24) is 30.3 Å². The smallest absolute Gasteiger partial charge is 0.323 e. The lowest BCUT2D eigenvalue weighted by Crippen LogP contribution is -2.70. The fourth-order valence-corrected chi connectivity index (χ4v) is 5.08. The van der Waals surface area contributed by atoms with Crippen molar-refractivity contribution in [2.45, 2.75) is 44.4 Å². The number of carbonyl (C=O) groups is 1. The molecule has 3 aromatic rings. The summed E-state index contributed by atoms with van der Waals surface area (Å²) in [6.45, 7) is 2.43. The molecule has 2 aliphatic rings. The van der Waals surface area contributed by atoms with Crippen molar-refractivity contribution < 1.29 is 13.9 Å². The number of nitrogens with one attached hydrogen (secondary N) is 2. The van der Waals surface area contributed by atoms with Crippen molar-refractivity contribution in [3.8, 4) is 11.4 Å². The van der Waals surface area contributed by atoms with E-state index in [2.05, 4.69) is 37.6 Å². The van der Waals surface area contributed by atoms with Crippen molar-refractivity contribution in [3.63, 3.8) is 0 Å². The van der Waals surface area contributed by atoms with E-state index in [0.29, 0.717) is 39.8 Å². The minimum absolute atomic E-state index is 0.127. The zero-order valence-corrected chi connectivity index (χ0v) is 17.9. The number of fused-ring (bicyclic) bond motifs is 2. The van der Waals surface area contributed by atoms with Gasteiger partial charge in [-0.15, -0.1) is 10.2 Å². The highest BCUT2D eigenvalue weighted by molar-refractivity contribution is 6.33. The van der Waals surface area contributed by atoms with E-state index >= 15 is 0 Å². The van der Waals surface area contributed by atoms with E-state index in [-0.39, 0.29) is 18.7 Å². The molecule has 1 aliphatic heterocycles. The molecular weight excluding hydrogens is 422 g/mol. The quantitative estimate of drug-likeness (QED) is 0.617. The second-order valence-corrected chi connectivity index (χ2v) is 8.60. The van der Waals surface area contributed by atoms with Gasteiger partial charge in [-0.1, -0.05) is 18.5 Å². The van der Waals surface area contributed by atoms with Crippen molar-refractivity contribution >= 4 is 23.3 Å². The van der Waals surface area contributed by atoms with Gasteiger partial charge in [-0.25, -0.2) is 9.78 Å². The SMILES string of the molecule is COCc1nnc(C23C[C@H](C)C[C@H](C2)N3C(=O)Nc2ccc(Cl)c(-c3ncn[nH]3)c2)o1. The molecule has 1 unspecified atom stereocenters. The maximum atomic E-state index is 13.3. The van der Waals surface area contributed by atoms with Crippen molar-refractivity contribution in [2.24, 2.45) is 5.92 Å². The van der Waals surface area contributed by atoms with E-state index in [9.17, 15) is 4.79 Å². The Morgan fingerprint density at radius 2 is 2.29 bits per heavy atom. The van der Waals surface area contributed by atoms with Crippen LogP contribution in [0.4, 0.5) is 10.5 Å². The Balaban J connectivity index is 1.41. The van der Waals surface area contributed by atoms with Gasteiger partial charge in [0.15, 0.2) is 5.82 Å². The molecule has 3 heterocycles. The van der Waals surface area contributed by atoms with E-state index in [4.69, 9.17) is 20.8 Å². The first-order chi connectivity index (χ1) is 15.0. The van der Waals surface area contributed by atoms with Gasteiger partial charge in [0.2, 0.25) is 11.8 Å². The van der Waals surface area contributed by atoms with Gasteiger partial charge in [-0.3, -0.25) is 5.10 Å². The van der Waals surface area contributed by atoms with Crippen LogP contribution in [0.25, 0.3) is 11.4 Å². The number of urea groups is 1. The molecule has 1 saturated heterocycles. The molecule has 2 N–H and O–H groups in total. The summed E-state index contributed by atoms with van der Waals surface area (Å²) >= 11 is 6.30. The molecule has 31 heavy (non-hydrogen) atoms. The van der Waals surface area contributed by atoms with E-state index < -0.39 is 5.54 Å². The Morgan fingerprint density at radius 1 is 1.42 bits per heavy atom. The predicted octanol–water partition coefficient (Wildman–Crippen LogP) is 3.59. The molecule has 0 spiro atoms. The van der Waals surface area contributed by atoms with Crippen LogP contribution in [0.1, 0.15) is 38.0 Å². The summed E-state index contributed by atoms with van der Waals surface area (Å²) < 4.78 is 10.9. The average Bonchev–Trinajstić information content (AvgIpc) is 3.41. The molecule has 162 valence electrons. The second kappa shape index (κ2) is 7.61. The van der Waals surface area contributed by atoms with Crippen LogP contribution in [0.3, 0.4) is 0 Å². The van der Waals surface area contributed by atoms with Gasteiger partial charge in [0.1, 0.15) is 18.5 Å². The lowest BCUT2D eigenvalue weighted by molar-refractivity contribution is -0.110. The van der Waals surface area contributed by atoms with E-state index in [1.165, 1.54) is 6.33 Å². The predicted molar refractivity (Wildman–Crippen MR) is 111 cm³/mol. The molecular formula is C20H22ClN7O3. The average molecular weight is 444 g/mol. The highest BCUT2D eigenvalue weighted by Gasteiger charge is 2.62. The number of carbonyl (C=O) groups excluding carboxylic acids is 1. The molecule has 1 aromatic carbocycles. The summed E-state index contributed by atoms with van der Waals surface area (Å²) in [6, 6.07) is 5.17. The Bertz CT molecular complexity index is 1100. The molecule has 2 bridgehead atoms. The van der Waals surface area contributed by atoms with Gasteiger partial charge in [0.25, 0.3) is 0 Å². The third-order valence-electron chi connectivity index (χ3n) is 6.00. The van der Waals surface area contributed by atoms with Gasteiger partial charge in [0.05, 0.1) is 5.02 Å². The van der Waals surface area contributed by atoms with Crippen LogP contribution in [0, 0.1) is 5.92 Å². The van der Waals surface area contributed by atoms with E-state index in [0.717, 1.165) is 19.3 Å². The summed E-state index contributed by atoms with van der Waals surface area (Å²) in [5.41, 5.74) is 0.677. The first-order valence-corrected chi connectivity index (χ1v) is 10.5. The number of likely N-dealkylation sites (tertiary alicyclic amines) is 1. The number of rotatable bonds is 5. The molecule has 10 nitrogen and oxygen atoms in total. The third kappa shape index (κ3) is 3.35. The number of piperidine rings is 1. The number of methoxy groups -OCH3 is 1. The highest BCUT2D eigenvalue weighted by Crippen LogP contribution is 2.55. The van der Waals surface area contributed by atoms with E-state index in [1.54, 1.807) is 25.3 Å². The van der Waals surface area contributed by atoms with Crippen molar-refractivity contribution in [3.05, 3.63) is 41.3 Å². The molecule has 2 amide bonds. The largest absolute Gasteiger partial charge is 0.420 e. The lowest BCUT2D eigenvalue weighted by Gasteiger charge is -2.61. The minimum atomic E-state index is -0.592. The van der Waals surface area contributed by atoms with Gasteiger partial charge >= 0.3 is 6.03 Å². The number of benzene rings is 1. The Morgan fingerprint density at radius 3 is 3.06 bits per heavy atom. The number of aromatic amines is 1. The van der Waals surface area contributed by atoms with Crippen LogP contribution in [0.5, 0.6) is 0 Å². The topological polar surface area (TPSA) is 122 Å². The number of hydrogen-bond acceptors (Lipinski definition) is 7. The lowest BCUT2D eigenvalue weighted by atomic mass is 9.64. The number of halogens is 1. The maximum absolute atomic E-state index is 13.3. The monoisotopic (exact) mass is 443 g/mol. The number of nitrogens with zero attached hydrogens (tertiary/aromatic N) is 5. The Kier molecular flexibility index (Phi) is 4.90. The Hall–Kier alpha value is -2.98. The first kappa shape index (κ1) is 20.0. The van der Waals surface area contributed by atoms with Crippen LogP contribution in [0.2, 0.25) is 5.02 Å². The summed E-state index contributed by atoms with van der Waals surface area (Å²) in [5, 5.41) is 18.5. The molecule has 2 fully saturated rings. The van der Waals surface area contributed by atoms with Crippen LogP contribution < -0.4 is 5.32 Å². The summed E-state index contributed by atoms with van der Waals surface area (Å²) in [4.78, 5) is 19.3. The zero-order valence-electron chi connectivity index (χ0n) is 17.1. The number of anilines is 1. The van der Waals surface area contributed by atoms with Gasteiger partial charge < -0.3 is 19.4 Å². The van der Waals surface area contributed by atoms with Gasteiger partial charge in [0, 0.05) is 30.8 Å². The van der Waals surface area contributed by atoms with Gasteiger partial charge in [-0.05, 0) is 37.0 Å².